The number of aliphatic imine (C=N–C) groups is 1. The Morgan fingerprint density at radius 2 is 2.19 bits per heavy atom. The number of nitrogens with two attached hydrogens (primary N) is 1. The Morgan fingerprint density at radius 1 is 1.50 bits per heavy atom. The Kier molecular flexibility index (Phi) is 5.37. The number of ether oxygens (including phenoxy) is 1. The van der Waals surface area contributed by atoms with Crippen molar-refractivity contribution in [3.8, 4) is 0 Å². The Hall–Kier alpha value is -1.89. The molecule has 1 aromatic rings. The van der Waals surface area contributed by atoms with Gasteiger partial charge in [-0.2, -0.15) is 0 Å². The number of nitrogens with zero attached hydrogens (tertiary/aromatic N) is 2. The molecule has 1 fully saturated rings. The number of halogens is 3. The Labute approximate surface area is 160 Å². The van der Waals surface area contributed by atoms with E-state index in [1.807, 2.05) is 0 Å². The van der Waals surface area contributed by atoms with Gasteiger partial charge in [0.15, 0.2) is 12.0 Å². The van der Waals surface area contributed by atoms with Crippen LogP contribution in [0.3, 0.4) is 0 Å². The van der Waals surface area contributed by atoms with Crippen LogP contribution in [0.15, 0.2) is 41.1 Å². The highest BCUT2D eigenvalue weighted by molar-refractivity contribution is 6.35. The van der Waals surface area contributed by atoms with Gasteiger partial charge in [-0.05, 0) is 31.2 Å². The third kappa shape index (κ3) is 3.37. The number of hydrogen-bond donors (Lipinski definition) is 1. The van der Waals surface area contributed by atoms with Crippen LogP contribution in [-0.4, -0.2) is 23.8 Å². The van der Waals surface area contributed by atoms with Gasteiger partial charge in [0.1, 0.15) is 5.70 Å². The summed E-state index contributed by atoms with van der Waals surface area (Å²) in [4.78, 5) is 17.0. The molecule has 0 spiro atoms. The number of allylic oxidation sites excluding steroid dienone is 2. The van der Waals surface area contributed by atoms with E-state index in [4.69, 9.17) is 33.8 Å². The highest BCUT2D eigenvalue weighted by Crippen LogP contribution is 2.40. The van der Waals surface area contributed by atoms with Crippen molar-refractivity contribution in [2.24, 2.45) is 16.8 Å². The Morgan fingerprint density at radius 3 is 2.77 bits per heavy atom. The summed E-state index contributed by atoms with van der Waals surface area (Å²) >= 11 is 11.9. The van der Waals surface area contributed by atoms with Crippen LogP contribution in [0, 0.1) is 11.7 Å². The Balaban J connectivity index is 2.13. The molecule has 2 aliphatic rings. The minimum atomic E-state index is -0.874. The van der Waals surface area contributed by atoms with Crippen LogP contribution in [0.1, 0.15) is 31.0 Å². The number of hydrogen-bond acceptors (Lipinski definition) is 5. The minimum absolute atomic E-state index is 0.101. The molecule has 1 aliphatic heterocycles. The standard InChI is InChI=1S/C18H18Cl2FN3O2/c1-3-10-13(8-9-4-5-9)23-17(24(22)16(10)18(25)26-2)11-6-7-12(19)15(21)14(11)20/h3,6-7,9,17H,1,4-5,8,22H2,2H3. The first-order chi connectivity index (χ1) is 12.4. The van der Waals surface area contributed by atoms with Crippen molar-refractivity contribution in [2.45, 2.75) is 25.4 Å². The van der Waals surface area contributed by atoms with Gasteiger partial charge in [-0.15, -0.1) is 0 Å². The monoisotopic (exact) mass is 397 g/mol. The maximum atomic E-state index is 14.2. The first-order valence-corrected chi connectivity index (χ1v) is 8.84. The zero-order valence-electron chi connectivity index (χ0n) is 14.1. The van der Waals surface area contributed by atoms with Crippen molar-refractivity contribution in [3.05, 3.63) is 57.5 Å². The smallest absolute Gasteiger partial charge is 0.356 e. The third-order valence-electron chi connectivity index (χ3n) is 4.47. The van der Waals surface area contributed by atoms with E-state index < -0.39 is 18.0 Å². The van der Waals surface area contributed by atoms with Crippen LogP contribution in [-0.2, 0) is 9.53 Å². The van der Waals surface area contributed by atoms with Crippen LogP contribution < -0.4 is 5.84 Å². The number of rotatable bonds is 5. The lowest BCUT2D eigenvalue weighted by atomic mass is 9.98. The van der Waals surface area contributed by atoms with E-state index >= 15 is 0 Å². The minimum Gasteiger partial charge on any atom is -0.464 e. The lowest BCUT2D eigenvalue weighted by Gasteiger charge is -2.34. The van der Waals surface area contributed by atoms with Gasteiger partial charge in [-0.1, -0.05) is 41.9 Å². The molecule has 5 nitrogen and oxygen atoms in total. The highest BCUT2D eigenvalue weighted by atomic mass is 35.5. The summed E-state index contributed by atoms with van der Waals surface area (Å²) in [6, 6.07) is 2.93. The zero-order valence-corrected chi connectivity index (χ0v) is 15.6. The molecule has 1 aromatic carbocycles. The molecule has 0 saturated heterocycles. The quantitative estimate of drug-likeness (QED) is 0.459. The van der Waals surface area contributed by atoms with Crippen molar-refractivity contribution in [2.75, 3.05) is 7.11 Å². The van der Waals surface area contributed by atoms with E-state index in [2.05, 4.69) is 11.6 Å². The largest absolute Gasteiger partial charge is 0.464 e. The van der Waals surface area contributed by atoms with Crippen molar-refractivity contribution < 1.29 is 13.9 Å². The molecule has 2 N–H and O–H groups in total. The van der Waals surface area contributed by atoms with E-state index in [0.717, 1.165) is 17.9 Å². The van der Waals surface area contributed by atoms with Crippen LogP contribution >= 0.6 is 23.2 Å². The number of esters is 1. The zero-order chi connectivity index (χ0) is 19.0. The molecule has 26 heavy (non-hydrogen) atoms. The predicted octanol–water partition coefficient (Wildman–Crippen LogP) is 4.17. The molecule has 1 aliphatic carbocycles. The maximum absolute atomic E-state index is 14.2. The average molecular weight is 398 g/mol. The summed E-state index contributed by atoms with van der Waals surface area (Å²) in [5.74, 6) is 5.30. The van der Waals surface area contributed by atoms with Gasteiger partial charge in [0.2, 0.25) is 0 Å². The number of carbonyl (C=O) groups is 1. The van der Waals surface area contributed by atoms with Crippen molar-refractivity contribution in [1.82, 2.24) is 5.01 Å². The van der Waals surface area contributed by atoms with Gasteiger partial charge < -0.3 is 4.74 Å². The molecule has 1 heterocycles. The van der Waals surface area contributed by atoms with E-state index in [-0.39, 0.29) is 15.7 Å². The van der Waals surface area contributed by atoms with Gasteiger partial charge in [-0.3, -0.25) is 10.0 Å². The second-order valence-corrected chi connectivity index (χ2v) is 7.01. The summed E-state index contributed by atoms with van der Waals surface area (Å²) in [5, 5.41) is 0.850. The van der Waals surface area contributed by atoms with Gasteiger partial charge in [0.05, 0.1) is 17.2 Å². The van der Waals surface area contributed by atoms with E-state index in [9.17, 15) is 9.18 Å². The van der Waals surface area contributed by atoms with Gasteiger partial charge in [-0.25, -0.2) is 15.0 Å². The molecule has 0 bridgehead atoms. The van der Waals surface area contributed by atoms with Crippen LogP contribution in [0.2, 0.25) is 10.0 Å². The lowest BCUT2D eigenvalue weighted by Crippen LogP contribution is -2.42. The molecule has 3 rings (SSSR count). The van der Waals surface area contributed by atoms with E-state index in [0.29, 0.717) is 29.2 Å². The first-order valence-electron chi connectivity index (χ1n) is 8.08. The molecule has 1 saturated carbocycles. The molecule has 0 amide bonds. The molecular weight excluding hydrogens is 380 g/mol. The summed E-state index contributed by atoms with van der Waals surface area (Å²) in [7, 11) is 1.26. The topological polar surface area (TPSA) is 67.9 Å². The van der Waals surface area contributed by atoms with Gasteiger partial charge in [0.25, 0.3) is 0 Å². The van der Waals surface area contributed by atoms with Crippen molar-refractivity contribution >= 4 is 34.9 Å². The van der Waals surface area contributed by atoms with Crippen molar-refractivity contribution in [1.29, 1.82) is 0 Å². The first kappa shape index (κ1) is 18.9. The highest BCUT2D eigenvalue weighted by Gasteiger charge is 2.36. The second kappa shape index (κ2) is 7.39. The SMILES string of the molecule is C=CC1=C(C(=O)OC)N(N)C(c2ccc(Cl)c(F)c2Cl)N=C1CC1CC1. The normalized spacial score (nSPS) is 20.1. The lowest BCUT2D eigenvalue weighted by molar-refractivity contribution is -0.138. The van der Waals surface area contributed by atoms with Crippen molar-refractivity contribution in [3.63, 3.8) is 0 Å². The number of hydrazine groups is 1. The predicted molar refractivity (Wildman–Crippen MR) is 99.2 cm³/mol. The molecule has 8 heteroatoms. The summed E-state index contributed by atoms with van der Waals surface area (Å²) < 4.78 is 19.0. The van der Waals surface area contributed by atoms with E-state index in [1.165, 1.54) is 19.3 Å². The fourth-order valence-electron chi connectivity index (χ4n) is 2.92. The van der Waals surface area contributed by atoms with Crippen LogP contribution in [0.25, 0.3) is 0 Å². The molecule has 1 unspecified atom stereocenters. The number of carbonyl (C=O) groups excluding carboxylic acids is 1. The Bertz CT molecular complexity index is 834. The summed E-state index contributed by atoms with van der Waals surface area (Å²) in [6.45, 7) is 3.77. The fraction of sp³-hybridized carbons (Fsp3) is 0.333. The maximum Gasteiger partial charge on any atom is 0.356 e. The van der Waals surface area contributed by atoms with Gasteiger partial charge >= 0.3 is 5.97 Å². The van der Waals surface area contributed by atoms with Crippen LogP contribution in [0.4, 0.5) is 4.39 Å². The van der Waals surface area contributed by atoms with Gasteiger partial charge in [0, 0.05) is 16.8 Å². The second-order valence-electron chi connectivity index (χ2n) is 6.23. The molecule has 0 aromatic heterocycles. The fourth-order valence-corrected chi connectivity index (χ4v) is 3.39. The van der Waals surface area contributed by atoms with E-state index in [1.54, 1.807) is 6.07 Å². The number of benzene rings is 1. The molecule has 0 radical (unpaired) electrons. The average Bonchev–Trinajstić information content (AvgIpc) is 3.44. The third-order valence-corrected chi connectivity index (χ3v) is 5.15. The van der Waals surface area contributed by atoms with Crippen LogP contribution in [0.5, 0.6) is 0 Å². The summed E-state index contributed by atoms with van der Waals surface area (Å²) in [5.41, 5.74) is 1.63. The molecular formula is C18H18Cl2FN3O2. The molecule has 1 atom stereocenters. The summed E-state index contributed by atoms with van der Waals surface area (Å²) in [6.07, 6.45) is 3.54. The molecule has 138 valence electrons. The number of methoxy groups -OCH3 is 1.